The maximum atomic E-state index is 2.87. The van der Waals surface area contributed by atoms with Crippen molar-refractivity contribution in [2.45, 2.75) is 150 Å². The van der Waals surface area contributed by atoms with Crippen LogP contribution in [0.5, 0.6) is 0 Å². The lowest BCUT2D eigenvalue weighted by atomic mass is 9.95. The molecule has 0 aromatic rings. The van der Waals surface area contributed by atoms with E-state index in [1.54, 1.807) is 0 Å². The molecule has 0 fully saturated rings. The number of hydrogen-bond acceptors (Lipinski definition) is 1. The molecular weight excluding hydrogens is 350 g/mol. The standard InChI is InChI=1S/C28H59N/c1-6-11-14-15-16-17-18-19-20-21-24-29(25-27(9-4)22-12-7-2)26-28(10-5)23-13-8-3/h27-28H,6-26H2,1-5H3. The Morgan fingerprint density at radius 3 is 1.21 bits per heavy atom. The van der Waals surface area contributed by atoms with Crippen molar-refractivity contribution in [3.63, 3.8) is 0 Å². The van der Waals surface area contributed by atoms with Gasteiger partial charge >= 0.3 is 0 Å². The Morgan fingerprint density at radius 2 is 0.828 bits per heavy atom. The molecule has 0 amide bonds. The van der Waals surface area contributed by atoms with E-state index in [-0.39, 0.29) is 0 Å². The van der Waals surface area contributed by atoms with Gasteiger partial charge in [-0.3, -0.25) is 0 Å². The second kappa shape index (κ2) is 22.6. The maximum Gasteiger partial charge on any atom is 0.000967 e. The number of unbranched alkanes of at least 4 members (excludes halogenated alkanes) is 11. The molecule has 1 nitrogen and oxygen atoms in total. The third-order valence-electron chi connectivity index (χ3n) is 6.95. The highest BCUT2D eigenvalue weighted by Gasteiger charge is 2.16. The van der Waals surface area contributed by atoms with Crippen molar-refractivity contribution in [2.75, 3.05) is 19.6 Å². The highest BCUT2D eigenvalue weighted by Crippen LogP contribution is 2.20. The molecule has 1 heteroatoms. The van der Waals surface area contributed by atoms with E-state index < -0.39 is 0 Å². The summed E-state index contributed by atoms with van der Waals surface area (Å²) in [5.41, 5.74) is 0. The minimum absolute atomic E-state index is 0.918. The third-order valence-corrected chi connectivity index (χ3v) is 6.95. The fourth-order valence-corrected chi connectivity index (χ4v) is 4.64. The molecule has 0 saturated carbocycles. The summed E-state index contributed by atoms with van der Waals surface area (Å²) in [6.45, 7) is 15.9. The monoisotopic (exact) mass is 409 g/mol. The number of nitrogens with zero attached hydrogens (tertiary/aromatic N) is 1. The largest absolute Gasteiger partial charge is 0.303 e. The second-order valence-corrected chi connectivity index (χ2v) is 9.77. The van der Waals surface area contributed by atoms with Crippen LogP contribution in [0, 0.1) is 11.8 Å². The zero-order chi connectivity index (χ0) is 21.6. The van der Waals surface area contributed by atoms with Crippen LogP contribution in [0.25, 0.3) is 0 Å². The predicted molar refractivity (Wildman–Crippen MR) is 135 cm³/mol. The average Bonchev–Trinajstić information content (AvgIpc) is 2.74. The fourth-order valence-electron chi connectivity index (χ4n) is 4.64. The first kappa shape index (κ1) is 29.0. The topological polar surface area (TPSA) is 3.24 Å². The van der Waals surface area contributed by atoms with Crippen molar-refractivity contribution in [1.82, 2.24) is 4.90 Å². The van der Waals surface area contributed by atoms with E-state index >= 15 is 0 Å². The van der Waals surface area contributed by atoms with Gasteiger partial charge < -0.3 is 4.90 Å². The first-order valence-electron chi connectivity index (χ1n) is 13.9. The SMILES string of the molecule is CCCCCCCCCCCCN(CC(CC)CCCC)CC(CC)CCCC. The maximum absolute atomic E-state index is 2.87. The van der Waals surface area contributed by atoms with Gasteiger partial charge in [0.15, 0.2) is 0 Å². The smallest absolute Gasteiger partial charge is 0.000967 e. The molecule has 0 rings (SSSR count). The number of hydrogen-bond donors (Lipinski definition) is 0. The van der Waals surface area contributed by atoms with E-state index in [0.717, 1.165) is 11.8 Å². The van der Waals surface area contributed by atoms with Gasteiger partial charge in [-0.15, -0.1) is 0 Å². The molecule has 0 heterocycles. The van der Waals surface area contributed by atoms with Gasteiger partial charge in [0.25, 0.3) is 0 Å². The van der Waals surface area contributed by atoms with Gasteiger partial charge in [0.2, 0.25) is 0 Å². The summed E-state index contributed by atoms with van der Waals surface area (Å²) >= 11 is 0. The molecule has 29 heavy (non-hydrogen) atoms. The van der Waals surface area contributed by atoms with Crippen LogP contribution in [-0.4, -0.2) is 24.5 Å². The van der Waals surface area contributed by atoms with Gasteiger partial charge in [-0.1, -0.05) is 131 Å². The molecule has 0 aromatic heterocycles. The van der Waals surface area contributed by atoms with Crippen molar-refractivity contribution in [1.29, 1.82) is 0 Å². The van der Waals surface area contributed by atoms with E-state index in [2.05, 4.69) is 39.5 Å². The summed E-state index contributed by atoms with van der Waals surface area (Å²) in [6, 6.07) is 0. The van der Waals surface area contributed by atoms with Crippen LogP contribution in [-0.2, 0) is 0 Å². The molecule has 0 N–H and O–H groups in total. The summed E-state index contributed by atoms with van der Waals surface area (Å²) in [5.74, 6) is 1.84. The Morgan fingerprint density at radius 1 is 0.448 bits per heavy atom. The minimum Gasteiger partial charge on any atom is -0.303 e. The van der Waals surface area contributed by atoms with Gasteiger partial charge in [0.05, 0.1) is 0 Å². The van der Waals surface area contributed by atoms with Crippen molar-refractivity contribution < 1.29 is 0 Å². The average molecular weight is 410 g/mol. The summed E-state index contributed by atoms with van der Waals surface area (Å²) in [4.78, 5) is 2.87. The molecule has 0 aliphatic carbocycles. The first-order chi connectivity index (χ1) is 14.2. The summed E-state index contributed by atoms with van der Waals surface area (Å²) in [5, 5.41) is 0. The van der Waals surface area contributed by atoms with Crippen LogP contribution < -0.4 is 0 Å². The Hall–Kier alpha value is -0.0400. The van der Waals surface area contributed by atoms with Crippen molar-refractivity contribution >= 4 is 0 Å². The van der Waals surface area contributed by atoms with Crippen LogP contribution in [0.4, 0.5) is 0 Å². The molecule has 0 spiro atoms. The fraction of sp³-hybridized carbons (Fsp3) is 1.00. The summed E-state index contributed by atoms with van der Waals surface area (Å²) in [6.07, 6.45) is 25.6. The molecule has 0 aliphatic heterocycles. The zero-order valence-corrected chi connectivity index (χ0v) is 21.5. The minimum atomic E-state index is 0.918. The predicted octanol–water partition coefficient (Wildman–Crippen LogP) is 9.64. The van der Waals surface area contributed by atoms with Crippen LogP contribution in [0.3, 0.4) is 0 Å². The lowest BCUT2D eigenvalue weighted by Crippen LogP contribution is -2.35. The lowest BCUT2D eigenvalue weighted by molar-refractivity contribution is 0.178. The van der Waals surface area contributed by atoms with Gasteiger partial charge in [0.1, 0.15) is 0 Å². The van der Waals surface area contributed by atoms with Crippen molar-refractivity contribution in [2.24, 2.45) is 11.8 Å². The molecule has 0 aliphatic rings. The van der Waals surface area contributed by atoms with E-state index in [1.807, 2.05) is 0 Å². The first-order valence-corrected chi connectivity index (χ1v) is 13.9. The van der Waals surface area contributed by atoms with Crippen molar-refractivity contribution in [3.8, 4) is 0 Å². The molecule has 0 saturated heterocycles. The Bertz CT molecular complexity index is 283. The lowest BCUT2D eigenvalue weighted by Gasteiger charge is -2.30. The van der Waals surface area contributed by atoms with Crippen LogP contribution in [0.2, 0.25) is 0 Å². The van der Waals surface area contributed by atoms with E-state index in [9.17, 15) is 0 Å². The molecule has 0 radical (unpaired) electrons. The summed E-state index contributed by atoms with van der Waals surface area (Å²) < 4.78 is 0. The third kappa shape index (κ3) is 18.4. The molecule has 2 unspecified atom stereocenters. The van der Waals surface area contributed by atoms with Crippen LogP contribution >= 0.6 is 0 Å². The second-order valence-electron chi connectivity index (χ2n) is 9.77. The Kier molecular flexibility index (Phi) is 22.6. The Balaban J connectivity index is 4.21. The van der Waals surface area contributed by atoms with Crippen LogP contribution in [0.15, 0.2) is 0 Å². The number of rotatable bonds is 23. The molecule has 0 aromatic carbocycles. The molecule has 2 atom stereocenters. The van der Waals surface area contributed by atoms with Crippen molar-refractivity contribution in [3.05, 3.63) is 0 Å². The van der Waals surface area contributed by atoms with E-state index in [0.29, 0.717) is 0 Å². The summed E-state index contributed by atoms with van der Waals surface area (Å²) in [7, 11) is 0. The van der Waals surface area contributed by atoms with Gasteiger partial charge in [-0.25, -0.2) is 0 Å². The molecule has 0 bridgehead atoms. The highest BCUT2D eigenvalue weighted by atomic mass is 15.1. The van der Waals surface area contributed by atoms with Crippen LogP contribution in [0.1, 0.15) is 150 Å². The van der Waals surface area contributed by atoms with E-state index in [4.69, 9.17) is 0 Å². The van der Waals surface area contributed by atoms with Gasteiger partial charge in [-0.05, 0) is 37.6 Å². The Labute approximate surface area is 186 Å². The molecule has 176 valence electrons. The van der Waals surface area contributed by atoms with Gasteiger partial charge in [-0.2, -0.15) is 0 Å². The van der Waals surface area contributed by atoms with Gasteiger partial charge in [0, 0.05) is 13.1 Å². The van der Waals surface area contributed by atoms with E-state index in [1.165, 1.54) is 135 Å². The molecular formula is C28H59N. The normalized spacial score (nSPS) is 13.9. The zero-order valence-electron chi connectivity index (χ0n) is 21.5. The highest BCUT2D eigenvalue weighted by molar-refractivity contribution is 4.70. The quantitative estimate of drug-likeness (QED) is 0.152.